The number of nitrogens with one attached hydrogen (secondary N) is 1. The highest BCUT2D eigenvalue weighted by Gasteiger charge is 2.19. The predicted octanol–water partition coefficient (Wildman–Crippen LogP) is 2.50. The fraction of sp³-hybridized carbons (Fsp3) is 0.522. The number of aliphatic imine (C=N–C) groups is 1. The van der Waals surface area contributed by atoms with E-state index >= 15 is 0 Å². The molecule has 0 bridgehead atoms. The van der Waals surface area contributed by atoms with Gasteiger partial charge in [-0.2, -0.15) is 10.4 Å². The molecule has 1 aliphatic heterocycles. The minimum atomic E-state index is 0.386. The summed E-state index contributed by atoms with van der Waals surface area (Å²) in [6.07, 6.45) is 2.54. The number of hydrogen-bond donors (Lipinski definition) is 2. The zero-order valence-corrected chi connectivity index (χ0v) is 18.8. The van der Waals surface area contributed by atoms with Crippen molar-refractivity contribution in [1.82, 2.24) is 20.0 Å². The van der Waals surface area contributed by atoms with E-state index in [0.717, 1.165) is 62.0 Å². The van der Waals surface area contributed by atoms with Crippen LogP contribution < -0.4 is 11.1 Å². The van der Waals surface area contributed by atoms with Crippen molar-refractivity contribution in [2.75, 3.05) is 45.6 Å². The van der Waals surface area contributed by atoms with E-state index in [9.17, 15) is 5.26 Å². The Morgan fingerprint density at radius 3 is 2.84 bits per heavy atom. The molecule has 1 aromatic carbocycles. The van der Waals surface area contributed by atoms with Gasteiger partial charge < -0.3 is 20.7 Å². The molecular formula is C23H33N7O. The van der Waals surface area contributed by atoms with Crippen molar-refractivity contribution in [3.63, 3.8) is 0 Å². The zero-order chi connectivity index (χ0) is 22.2. The molecule has 31 heavy (non-hydrogen) atoms. The van der Waals surface area contributed by atoms with Crippen molar-refractivity contribution >= 4 is 11.8 Å². The Hall–Kier alpha value is -3.05. The van der Waals surface area contributed by atoms with Gasteiger partial charge in [-0.3, -0.25) is 4.99 Å². The van der Waals surface area contributed by atoms with Crippen molar-refractivity contribution in [3.05, 3.63) is 41.1 Å². The van der Waals surface area contributed by atoms with Gasteiger partial charge in [0.25, 0.3) is 0 Å². The predicted molar refractivity (Wildman–Crippen MR) is 123 cm³/mol. The molecule has 1 saturated heterocycles. The van der Waals surface area contributed by atoms with Crippen LogP contribution in [0.5, 0.6) is 0 Å². The van der Waals surface area contributed by atoms with Gasteiger partial charge in [-0.1, -0.05) is 17.7 Å². The first-order valence-corrected chi connectivity index (χ1v) is 10.9. The summed E-state index contributed by atoms with van der Waals surface area (Å²) in [6.45, 7) is 8.18. The smallest absolute Gasteiger partial charge is 0.193 e. The van der Waals surface area contributed by atoms with Crippen LogP contribution in [0.4, 0.5) is 5.82 Å². The second-order valence-electron chi connectivity index (χ2n) is 8.02. The summed E-state index contributed by atoms with van der Waals surface area (Å²) >= 11 is 0. The van der Waals surface area contributed by atoms with Gasteiger partial charge in [0.15, 0.2) is 5.96 Å². The number of aromatic nitrogens is 2. The SMILES string of the molecule is CCNC(=NCCCc1nn(-c2ccc(C)cc2)c(N)c1C#N)N(C)CC1CCOC1. The molecule has 0 aliphatic carbocycles. The Morgan fingerprint density at radius 2 is 2.19 bits per heavy atom. The van der Waals surface area contributed by atoms with E-state index in [0.29, 0.717) is 30.3 Å². The molecule has 1 aliphatic rings. The Balaban J connectivity index is 1.63. The molecule has 3 N–H and O–H groups in total. The summed E-state index contributed by atoms with van der Waals surface area (Å²) in [7, 11) is 2.07. The quantitative estimate of drug-likeness (QED) is 0.384. The third-order valence-electron chi connectivity index (χ3n) is 5.47. The van der Waals surface area contributed by atoms with Gasteiger partial charge in [0, 0.05) is 39.2 Å². The first-order valence-electron chi connectivity index (χ1n) is 10.9. The molecule has 3 rings (SSSR count). The summed E-state index contributed by atoms with van der Waals surface area (Å²) in [5, 5.41) is 17.6. The Bertz CT molecular complexity index is 921. The van der Waals surface area contributed by atoms with Crippen LogP contribution in [-0.2, 0) is 11.2 Å². The van der Waals surface area contributed by atoms with E-state index in [2.05, 4.69) is 35.4 Å². The number of anilines is 1. The molecule has 0 spiro atoms. The summed E-state index contributed by atoms with van der Waals surface area (Å²) in [5.41, 5.74) is 9.41. The molecule has 166 valence electrons. The Kier molecular flexibility index (Phi) is 7.90. The number of hydrogen-bond acceptors (Lipinski definition) is 5. The maximum atomic E-state index is 9.59. The lowest BCUT2D eigenvalue weighted by Crippen LogP contribution is -2.41. The van der Waals surface area contributed by atoms with Crippen LogP contribution in [0.3, 0.4) is 0 Å². The molecule has 8 heteroatoms. The highest BCUT2D eigenvalue weighted by Crippen LogP contribution is 2.22. The van der Waals surface area contributed by atoms with E-state index < -0.39 is 0 Å². The van der Waals surface area contributed by atoms with Crippen molar-refractivity contribution in [3.8, 4) is 11.8 Å². The Morgan fingerprint density at radius 1 is 1.42 bits per heavy atom. The van der Waals surface area contributed by atoms with Crippen molar-refractivity contribution in [1.29, 1.82) is 5.26 Å². The fourth-order valence-corrected chi connectivity index (χ4v) is 3.76. The molecule has 0 radical (unpaired) electrons. The minimum Gasteiger partial charge on any atom is -0.382 e. The maximum Gasteiger partial charge on any atom is 0.193 e. The first kappa shape index (κ1) is 22.6. The molecule has 0 saturated carbocycles. The van der Waals surface area contributed by atoms with E-state index in [1.807, 2.05) is 31.2 Å². The number of nitrogen functional groups attached to an aromatic ring is 1. The highest BCUT2D eigenvalue weighted by atomic mass is 16.5. The third kappa shape index (κ3) is 5.76. The third-order valence-corrected chi connectivity index (χ3v) is 5.47. The average molecular weight is 424 g/mol. The molecule has 1 aromatic heterocycles. The van der Waals surface area contributed by atoms with Gasteiger partial charge in [-0.15, -0.1) is 0 Å². The lowest BCUT2D eigenvalue weighted by atomic mass is 10.1. The molecular weight excluding hydrogens is 390 g/mol. The lowest BCUT2D eigenvalue weighted by molar-refractivity contribution is 0.181. The van der Waals surface area contributed by atoms with Crippen molar-refractivity contribution in [2.24, 2.45) is 10.9 Å². The van der Waals surface area contributed by atoms with Crippen LogP contribution in [0.25, 0.3) is 5.69 Å². The Labute approximate surface area is 184 Å². The van der Waals surface area contributed by atoms with Crippen LogP contribution >= 0.6 is 0 Å². The normalized spacial score (nSPS) is 16.3. The molecule has 2 aromatic rings. The topological polar surface area (TPSA) is 104 Å². The van der Waals surface area contributed by atoms with E-state index in [1.165, 1.54) is 0 Å². The molecule has 1 unspecified atom stereocenters. The van der Waals surface area contributed by atoms with Crippen LogP contribution in [0.1, 0.15) is 36.6 Å². The number of nitrogens with two attached hydrogens (primary N) is 1. The van der Waals surface area contributed by atoms with Crippen LogP contribution in [-0.4, -0.2) is 60.5 Å². The average Bonchev–Trinajstić information content (AvgIpc) is 3.38. The van der Waals surface area contributed by atoms with Crippen LogP contribution in [0, 0.1) is 24.2 Å². The van der Waals surface area contributed by atoms with Crippen LogP contribution in [0.2, 0.25) is 0 Å². The monoisotopic (exact) mass is 423 g/mol. The van der Waals surface area contributed by atoms with Gasteiger partial charge in [0.1, 0.15) is 17.5 Å². The zero-order valence-electron chi connectivity index (χ0n) is 18.8. The summed E-state index contributed by atoms with van der Waals surface area (Å²) in [6, 6.07) is 10.2. The largest absolute Gasteiger partial charge is 0.382 e. The molecule has 1 fully saturated rings. The number of guanidine groups is 1. The highest BCUT2D eigenvalue weighted by molar-refractivity contribution is 5.79. The summed E-state index contributed by atoms with van der Waals surface area (Å²) in [4.78, 5) is 6.94. The molecule has 0 amide bonds. The van der Waals surface area contributed by atoms with E-state index in [-0.39, 0.29) is 0 Å². The minimum absolute atomic E-state index is 0.386. The number of ether oxygens (including phenoxy) is 1. The number of rotatable bonds is 8. The van der Waals surface area contributed by atoms with Gasteiger partial charge in [0.2, 0.25) is 0 Å². The number of aryl methyl sites for hydroxylation is 2. The van der Waals surface area contributed by atoms with E-state index in [4.69, 9.17) is 15.5 Å². The standard InChI is InChI=1S/C23H33N7O/c1-4-26-23(29(3)15-18-11-13-31-16-18)27-12-5-6-21-20(14-24)22(25)30(28-21)19-9-7-17(2)8-10-19/h7-10,18H,4-6,11-13,15-16,25H2,1-3H3,(H,26,27). The fourth-order valence-electron chi connectivity index (χ4n) is 3.76. The van der Waals surface area contributed by atoms with Gasteiger partial charge in [0.05, 0.1) is 18.0 Å². The van der Waals surface area contributed by atoms with Gasteiger partial charge >= 0.3 is 0 Å². The first-order chi connectivity index (χ1) is 15.0. The number of nitrogens with zero attached hydrogens (tertiary/aromatic N) is 5. The number of nitriles is 1. The van der Waals surface area contributed by atoms with E-state index in [1.54, 1.807) is 4.68 Å². The molecule has 8 nitrogen and oxygen atoms in total. The van der Waals surface area contributed by atoms with Crippen molar-refractivity contribution in [2.45, 2.75) is 33.1 Å². The lowest BCUT2D eigenvalue weighted by Gasteiger charge is -2.24. The van der Waals surface area contributed by atoms with Crippen molar-refractivity contribution < 1.29 is 4.74 Å². The molecule has 2 heterocycles. The van der Waals surface area contributed by atoms with Gasteiger partial charge in [-0.25, -0.2) is 4.68 Å². The van der Waals surface area contributed by atoms with Gasteiger partial charge in [-0.05, 0) is 45.2 Å². The maximum absolute atomic E-state index is 9.59. The summed E-state index contributed by atoms with van der Waals surface area (Å²) < 4.78 is 7.13. The second kappa shape index (κ2) is 10.8. The second-order valence-corrected chi connectivity index (χ2v) is 8.02. The van der Waals surface area contributed by atoms with Crippen LogP contribution in [0.15, 0.2) is 29.3 Å². The molecule has 1 atom stereocenters. The summed E-state index contributed by atoms with van der Waals surface area (Å²) in [5.74, 6) is 1.84. The number of benzene rings is 1.